The SMILES string of the molecule is Cc1cccc(OC(C)C(=O)NC(C)CCc2ccccc2)c1C. The Morgan fingerprint density at radius 2 is 1.75 bits per heavy atom. The highest BCUT2D eigenvalue weighted by Crippen LogP contribution is 2.21. The molecular formula is C21H27NO2. The van der Waals surface area contributed by atoms with Gasteiger partial charge in [-0.25, -0.2) is 0 Å². The van der Waals surface area contributed by atoms with Crippen molar-refractivity contribution in [3.63, 3.8) is 0 Å². The quantitative estimate of drug-likeness (QED) is 0.828. The lowest BCUT2D eigenvalue weighted by atomic mass is 10.1. The van der Waals surface area contributed by atoms with Gasteiger partial charge in [-0.2, -0.15) is 0 Å². The Morgan fingerprint density at radius 1 is 1.04 bits per heavy atom. The van der Waals surface area contributed by atoms with Crippen LogP contribution in [0.3, 0.4) is 0 Å². The molecule has 0 bridgehead atoms. The normalized spacial score (nSPS) is 13.2. The summed E-state index contributed by atoms with van der Waals surface area (Å²) in [5, 5.41) is 3.04. The molecule has 0 aliphatic heterocycles. The smallest absolute Gasteiger partial charge is 0.260 e. The molecule has 1 amide bonds. The minimum absolute atomic E-state index is 0.0727. The molecule has 128 valence electrons. The van der Waals surface area contributed by atoms with E-state index in [4.69, 9.17) is 4.74 Å². The first-order valence-corrected chi connectivity index (χ1v) is 8.54. The molecule has 0 aliphatic rings. The fraction of sp³-hybridized carbons (Fsp3) is 0.381. The molecule has 0 fully saturated rings. The van der Waals surface area contributed by atoms with E-state index in [0.29, 0.717) is 0 Å². The summed E-state index contributed by atoms with van der Waals surface area (Å²) in [7, 11) is 0. The molecule has 0 spiro atoms. The standard InChI is InChI=1S/C21H27NO2/c1-15-9-8-12-20(17(15)3)24-18(4)21(23)22-16(2)13-14-19-10-6-5-7-11-19/h5-12,16,18H,13-14H2,1-4H3,(H,22,23). The predicted octanol–water partition coefficient (Wildman–Crippen LogP) is 4.21. The van der Waals surface area contributed by atoms with Crippen molar-refractivity contribution >= 4 is 5.91 Å². The van der Waals surface area contributed by atoms with Gasteiger partial charge in [-0.15, -0.1) is 0 Å². The molecule has 2 aromatic carbocycles. The van der Waals surface area contributed by atoms with E-state index in [-0.39, 0.29) is 11.9 Å². The number of benzene rings is 2. The van der Waals surface area contributed by atoms with Gasteiger partial charge in [0.1, 0.15) is 5.75 Å². The van der Waals surface area contributed by atoms with E-state index in [9.17, 15) is 4.79 Å². The van der Waals surface area contributed by atoms with E-state index in [1.54, 1.807) is 6.92 Å². The van der Waals surface area contributed by atoms with Gasteiger partial charge in [0.15, 0.2) is 6.10 Å². The van der Waals surface area contributed by atoms with E-state index in [2.05, 4.69) is 17.4 Å². The van der Waals surface area contributed by atoms with Gasteiger partial charge in [0.25, 0.3) is 5.91 Å². The lowest BCUT2D eigenvalue weighted by molar-refractivity contribution is -0.127. The van der Waals surface area contributed by atoms with Crippen LogP contribution in [0.4, 0.5) is 0 Å². The van der Waals surface area contributed by atoms with Crippen molar-refractivity contribution in [3.05, 3.63) is 65.2 Å². The Balaban J connectivity index is 1.83. The topological polar surface area (TPSA) is 38.3 Å². The Bertz CT molecular complexity index is 667. The van der Waals surface area contributed by atoms with Crippen molar-refractivity contribution in [2.75, 3.05) is 0 Å². The first-order valence-electron chi connectivity index (χ1n) is 8.54. The second kappa shape index (κ2) is 8.53. The van der Waals surface area contributed by atoms with Crippen molar-refractivity contribution in [3.8, 4) is 5.75 Å². The van der Waals surface area contributed by atoms with Crippen LogP contribution in [-0.2, 0) is 11.2 Å². The van der Waals surface area contributed by atoms with Crippen LogP contribution in [0.5, 0.6) is 5.75 Å². The molecule has 0 heterocycles. The van der Waals surface area contributed by atoms with Gasteiger partial charge in [0.2, 0.25) is 0 Å². The highest BCUT2D eigenvalue weighted by atomic mass is 16.5. The van der Waals surface area contributed by atoms with Crippen molar-refractivity contribution in [2.24, 2.45) is 0 Å². The molecule has 3 heteroatoms. The minimum atomic E-state index is -0.510. The van der Waals surface area contributed by atoms with Crippen molar-refractivity contribution in [1.29, 1.82) is 0 Å². The predicted molar refractivity (Wildman–Crippen MR) is 98.4 cm³/mol. The second-order valence-corrected chi connectivity index (χ2v) is 6.39. The summed E-state index contributed by atoms with van der Waals surface area (Å²) in [5.41, 5.74) is 3.53. The van der Waals surface area contributed by atoms with E-state index >= 15 is 0 Å². The number of rotatable bonds is 7. The molecule has 0 saturated heterocycles. The summed E-state index contributed by atoms with van der Waals surface area (Å²) in [6.45, 7) is 7.88. The lowest BCUT2D eigenvalue weighted by Crippen LogP contribution is -2.41. The molecular weight excluding hydrogens is 298 g/mol. The van der Waals surface area contributed by atoms with Gasteiger partial charge in [0, 0.05) is 6.04 Å². The van der Waals surface area contributed by atoms with E-state index in [1.807, 2.05) is 57.2 Å². The average Bonchev–Trinajstić information content (AvgIpc) is 2.58. The van der Waals surface area contributed by atoms with Crippen LogP contribution in [0.2, 0.25) is 0 Å². The molecule has 2 aromatic rings. The Labute approximate surface area is 145 Å². The van der Waals surface area contributed by atoms with Gasteiger partial charge < -0.3 is 10.1 Å². The largest absolute Gasteiger partial charge is 0.481 e. The van der Waals surface area contributed by atoms with Crippen LogP contribution in [0.15, 0.2) is 48.5 Å². The maximum absolute atomic E-state index is 12.3. The second-order valence-electron chi connectivity index (χ2n) is 6.39. The molecule has 2 unspecified atom stereocenters. The van der Waals surface area contributed by atoms with Crippen LogP contribution in [0, 0.1) is 13.8 Å². The molecule has 0 saturated carbocycles. The average molecular weight is 325 g/mol. The molecule has 0 radical (unpaired) electrons. The van der Waals surface area contributed by atoms with E-state index in [1.165, 1.54) is 5.56 Å². The molecule has 24 heavy (non-hydrogen) atoms. The zero-order chi connectivity index (χ0) is 17.5. The van der Waals surface area contributed by atoms with E-state index in [0.717, 1.165) is 29.7 Å². The van der Waals surface area contributed by atoms with E-state index < -0.39 is 6.10 Å². The maximum atomic E-state index is 12.3. The number of ether oxygens (including phenoxy) is 1. The summed E-state index contributed by atoms with van der Waals surface area (Å²) >= 11 is 0. The van der Waals surface area contributed by atoms with Crippen LogP contribution in [0.25, 0.3) is 0 Å². The lowest BCUT2D eigenvalue weighted by Gasteiger charge is -2.20. The van der Waals surface area contributed by atoms with Crippen molar-refractivity contribution < 1.29 is 9.53 Å². The highest BCUT2D eigenvalue weighted by Gasteiger charge is 2.17. The highest BCUT2D eigenvalue weighted by molar-refractivity contribution is 5.81. The zero-order valence-corrected chi connectivity index (χ0v) is 15.0. The molecule has 0 aromatic heterocycles. The van der Waals surface area contributed by atoms with Crippen LogP contribution in [-0.4, -0.2) is 18.1 Å². The van der Waals surface area contributed by atoms with Crippen LogP contribution in [0.1, 0.15) is 37.0 Å². The van der Waals surface area contributed by atoms with Crippen LogP contribution >= 0.6 is 0 Å². The number of carbonyl (C=O) groups excluding carboxylic acids is 1. The van der Waals surface area contributed by atoms with Crippen molar-refractivity contribution in [2.45, 2.75) is 52.7 Å². The van der Waals surface area contributed by atoms with Crippen molar-refractivity contribution in [1.82, 2.24) is 5.32 Å². The van der Waals surface area contributed by atoms with Gasteiger partial charge in [0.05, 0.1) is 0 Å². The molecule has 1 N–H and O–H groups in total. The number of hydrogen-bond acceptors (Lipinski definition) is 2. The monoisotopic (exact) mass is 325 g/mol. The zero-order valence-electron chi connectivity index (χ0n) is 15.0. The molecule has 2 atom stereocenters. The maximum Gasteiger partial charge on any atom is 0.260 e. The third kappa shape index (κ3) is 5.12. The molecule has 2 rings (SSSR count). The van der Waals surface area contributed by atoms with Crippen LogP contribution < -0.4 is 10.1 Å². The number of aryl methyl sites for hydroxylation is 2. The summed E-state index contributed by atoms with van der Waals surface area (Å²) in [5.74, 6) is 0.700. The Kier molecular flexibility index (Phi) is 6.42. The summed E-state index contributed by atoms with van der Waals surface area (Å²) in [4.78, 5) is 12.3. The summed E-state index contributed by atoms with van der Waals surface area (Å²) in [6, 6.07) is 16.3. The third-order valence-electron chi connectivity index (χ3n) is 4.33. The van der Waals surface area contributed by atoms with Gasteiger partial charge >= 0.3 is 0 Å². The van der Waals surface area contributed by atoms with Gasteiger partial charge in [-0.05, 0) is 63.3 Å². The number of carbonyl (C=O) groups is 1. The Morgan fingerprint density at radius 3 is 2.46 bits per heavy atom. The number of amides is 1. The third-order valence-corrected chi connectivity index (χ3v) is 4.33. The summed E-state index contributed by atoms with van der Waals surface area (Å²) in [6.07, 6.45) is 1.35. The fourth-order valence-corrected chi connectivity index (χ4v) is 2.56. The molecule has 3 nitrogen and oxygen atoms in total. The first-order chi connectivity index (χ1) is 11.5. The summed E-state index contributed by atoms with van der Waals surface area (Å²) < 4.78 is 5.84. The van der Waals surface area contributed by atoms with Gasteiger partial charge in [-0.3, -0.25) is 4.79 Å². The first kappa shape index (κ1) is 18.1. The number of nitrogens with one attached hydrogen (secondary N) is 1. The number of hydrogen-bond donors (Lipinski definition) is 1. The van der Waals surface area contributed by atoms with Gasteiger partial charge in [-0.1, -0.05) is 42.5 Å². The Hall–Kier alpha value is -2.29. The fourth-order valence-electron chi connectivity index (χ4n) is 2.56. The molecule has 0 aliphatic carbocycles. The minimum Gasteiger partial charge on any atom is -0.481 e.